The number of aryl methyl sites for hydroxylation is 1. The molecule has 1 aromatic carbocycles. The molecule has 1 saturated heterocycles. The number of piperidine rings is 1. The molecule has 0 saturated carbocycles. The summed E-state index contributed by atoms with van der Waals surface area (Å²) in [6.07, 6.45) is 7.55. The number of carbonyl (C=O) groups is 1. The van der Waals surface area contributed by atoms with Gasteiger partial charge in [0.05, 0.1) is 36.0 Å². The van der Waals surface area contributed by atoms with E-state index in [9.17, 15) is 13.6 Å². The van der Waals surface area contributed by atoms with Crippen LogP contribution in [0.3, 0.4) is 0 Å². The first kappa shape index (κ1) is 25.5. The summed E-state index contributed by atoms with van der Waals surface area (Å²) in [5, 5.41) is 4.26. The fraction of sp³-hybridized carbons (Fsp3) is 0.259. The number of nitrogens with two attached hydrogens (primary N) is 2. The average molecular weight is 545 g/mol. The molecule has 40 heavy (non-hydrogen) atoms. The molecule has 13 heteroatoms. The molecule has 1 aliphatic heterocycles. The highest BCUT2D eigenvalue weighted by Crippen LogP contribution is 2.32. The Hall–Kier alpha value is -4.78. The molecule has 204 valence electrons. The number of hydrogen-bond acceptors (Lipinski definition) is 9. The van der Waals surface area contributed by atoms with Crippen molar-refractivity contribution in [1.29, 1.82) is 0 Å². The van der Waals surface area contributed by atoms with Crippen LogP contribution in [0.25, 0.3) is 22.4 Å². The van der Waals surface area contributed by atoms with E-state index in [-0.39, 0.29) is 18.1 Å². The summed E-state index contributed by atoms with van der Waals surface area (Å²) >= 11 is 0. The van der Waals surface area contributed by atoms with E-state index in [1.165, 1.54) is 12.4 Å². The van der Waals surface area contributed by atoms with Crippen molar-refractivity contribution in [2.24, 2.45) is 12.8 Å². The number of aromatic nitrogens is 7. The number of pyridine rings is 1. The summed E-state index contributed by atoms with van der Waals surface area (Å²) < 4.78 is 31.1. The van der Waals surface area contributed by atoms with E-state index in [1.54, 1.807) is 36.5 Å². The predicted molar refractivity (Wildman–Crippen MR) is 144 cm³/mol. The molecule has 0 amide bonds. The third-order valence-corrected chi connectivity index (χ3v) is 7.21. The number of anilines is 2. The molecule has 0 aliphatic carbocycles. The first-order chi connectivity index (χ1) is 19.2. The Bertz CT molecular complexity index is 1750. The Balaban J connectivity index is 1.40. The summed E-state index contributed by atoms with van der Waals surface area (Å²) in [5.41, 5.74) is 15.3. The van der Waals surface area contributed by atoms with Crippen LogP contribution in [-0.2, 0) is 13.6 Å². The number of carbonyl (C=O) groups excluding carboxylic acids is 1. The monoisotopic (exact) mass is 544 g/mol. The van der Waals surface area contributed by atoms with Gasteiger partial charge in [-0.25, -0.2) is 23.7 Å². The van der Waals surface area contributed by atoms with E-state index in [4.69, 9.17) is 11.5 Å². The van der Waals surface area contributed by atoms with Crippen LogP contribution in [0.2, 0.25) is 0 Å². The van der Waals surface area contributed by atoms with Gasteiger partial charge in [0.15, 0.2) is 23.1 Å². The highest BCUT2D eigenvalue weighted by Gasteiger charge is 2.40. The third kappa shape index (κ3) is 4.53. The van der Waals surface area contributed by atoms with Gasteiger partial charge >= 0.3 is 0 Å². The van der Waals surface area contributed by atoms with Gasteiger partial charge in [-0.1, -0.05) is 0 Å². The third-order valence-electron chi connectivity index (χ3n) is 7.21. The molecule has 0 bridgehead atoms. The normalized spacial score (nSPS) is 17.4. The fourth-order valence-electron chi connectivity index (χ4n) is 5.18. The summed E-state index contributed by atoms with van der Waals surface area (Å²) in [5.74, 6) is -1.86. The molecule has 4 aromatic heterocycles. The second-order valence-electron chi connectivity index (χ2n) is 10.0. The van der Waals surface area contributed by atoms with E-state index >= 15 is 0 Å². The largest absolute Gasteiger partial charge is 0.382 e. The summed E-state index contributed by atoms with van der Waals surface area (Å²) in [6.45, 7) is 1.21. The topological polar surface area (TPSA) is 147 Å². The van der Waals surface area contributed by atoms with Crippen LogP contribution in [0.15, 0.2) is 55.4 Å². The fourth-order valence-corrected chi connectivity index (χ4v) is 5.18. The average Bonchev–Trinajstić information content (AvgIpc) is 3.57. The van der Waals surface area contributed by atoms with Crippen LogP contribution in [0.1, 0.15) is 28.9 Å². The van der Waals surface area contributed by atoms with Crippen LogP contribution in [0.5, 0.6) is 0 Å². The lowest BCUT2D eigenvalue weighted by atomic mass is 9.84. The van der Waals surface area contributed by atoms with Crippen molar-refractivity contribution >= 4 is 28.5 Å². The Morgan fingerprint density at radius 2 is 1.95 bits per heavy atom. The lowest BCUT2D eigenvalue weighted by molar-refractivity contribution is 0.0865. The Labute approximate surface area is 227 Å². The van der Waals surface area contributed by atoms with Gasteiger partial charge in [0.1, 0.15) is 17.5 Å². The van der Waals surface area contributed by atoms with Gasteiger partial charge in [0.2, 0.25) is 5.78 Å². The number of hydrogen-bond donors (Lipinski definition) is 2. The van der Waals surface area contributed by atoms with Crippen molar-refractivity contribution in [1.82, 2.24) is 34.3 Å². The zero-order chi connectivity index (χ0) is 28.0. The number of Topliss-reactive ketones (excluding diaryl/α,β-unsaturated/α-hetero) is 1. The van der Waals surface area contributed by atoms with Gasteiger partial charge < -0.3 is 20.9 Å². The lowest BCUT2D eigenvalue weighted by Crippen LogP contribution is -2.59. The van der Waals surface area contributed by atoms with E-state index in [1.807, 2.05) is 15.5 Å². The number of imidazole rings is 1. The quantitative estimate of drug-likeness (QED) is 0.308. The number of rotatable bonds is 6. The number of fused-ring (bicyclic) bond motifs is 1. The highest BCUT2D eigenvalue weighted by molar-refractivity contribution is 6.02. The Kier molecular flexibility index (Phi) is 6.22. The van der Waals surface area contributed by atoms with Crippen molar-refractivity contribution in [3.05, 3.63) is 78.3 Å². The van der Waals surface area contributed by atoms with Crippen molar-refractivity contribution in [2.75, 3.05) is 23.7 Å². The minimum atomic E-state index is -1.15. The summed E-state index contributed by atoms with van der Waals surface area (Å²) in [6, 6.07) is 7.13. The van der Waals surface area contributed by atoms with Crippen LogP contribution in [0, 0.1) is 11.6 Å². The maximum Gasteiger partial charge on any atom is 0.204 e. The zero-order valence-electron chi connectivity index (χ0n) is 21.6. The smallest absolute Gasteiger partial charge is 0.204 e. The van der Waals surface area contributed by atoms with Crippen molar-refractivity contribution in [2.45, 2.75) is 24.9 Å². The lowest BCUT2D eigenvalue weighted by Gasteiger charge is -2.40. The maximum atomic E-state index is 14.1. The SMILES string of the molecule is Cn1ccc(C(=O)C2(N)CCCN(c3cnc(-c4ccc(F)c(F)c4)cc3Cn3cnc4c(N)ncnc43)C2)n1. The van der Waals surface area contributed by atoms with Gasteiger partial charge in [-0.15, -0.1) is 0 Å². The first-order valence-corrected chi connectivity index (χ1v) is 12.7. The maximum absolute atomic E-state index is 14.1. The molecule has 5 aromatic rings. The Morgan fingerprint density at radius 1 is 1.10 bits per heavy atom. The van der Waals surface area contributed by atoms with Gasteiger partial charge in [-0.2, -0.15) is 5.10 Å². The van der Waals surface area contributed by atoms with Crippen LogP contribution in [0.4, 0.5) is 20.3 Å². The molecule has 1 unspecified atom stereocenters. The number of nitrogens with zero attached hydrogens (tertiary/aromatic N) is 8. The molecule has 0 spiro atoms. The van der Waals surface area contributed by atoms with Crippen LogP contribution >= 0.6 is 0 Å². The zero-order valence-corrected chi connectivity index (χ0v) is 21.6. The van der Waals surface area contributed by atoms with Crippen LogP contribution in [-0.4, -0.2) is 58.7 Å². The van der Waals surface area contributed by atoms with E-state index in [0.29, 0.717) is 54.0 Å². The molecular weight excluding hydrogens is 518 g/mol. The Morgan fingerprint density at radius 3 is 2.73 bits per heavy atom. The molecule has 1 fully saturated rings. The summed E-state index contributed by atoms with van der Waals surface area (Å²) in [7, 11) is 1.75. The highest BCUT2D eigenvalue weighted by atomic mass is 19.2. The minimum Gasteiger partial charge on any atom is -0.382 e. The molecule has 6 rings (SSSR count). The molecule has 1 atom stereocenters. The van der Waals surface area contributed by atoms with E-state index in [0.717, 1.165) is 23.4 Å². The predicted octanol–water partition coefficient (Wildman–Crippen LogP) is 2.71. The van der Waals surface area contributed by atoms with Crippen LogP contribution < -0.4 is 16.4 Å². The van der Waals surface area contributed by atoms with Gasteiger partial charge in [-0.3, -0.25) is 14.5 Å². The molecular formula is C27H26F2N10O. The number of ketones is 1. The molecule has 5 heterocycles. The van der Waals surface area contributed by atoms with E-state index in [2.05, 4.69) is 25.0 Å². The number of benzene rings is 1. The van der Waals surface area contributed by atoms with Gasteiger partial charge in [0, 0.05) is 31.9 Å². The van der Waals surface area contributed by atoms with Gasteiger partial charge in [-0.05, 0) is 48.7 Å². The van der Waals surface area contributed by atoms with Gasteiger partial charge in [0.25, 0.3) is 0 Å². The minimum absolute atomic E-state index is 0.224. The second-order valence-corrected chi connectivity index (χ2v) is 10.0. The molecule has 1 aliphatic rings. The molecule has 4 N–H and O–H groups in total. The molecule has 0 radical (unpaired) electrons. The first-order valence-electron chi connectivity index (χ1n) is 12.7. The van der Waals surface area contributed by atoms with Crippen molar-refractivity contribution in [3.8, 4) is 11.3 Å². The summed E-state index contributed by atoms with van der Waals surface area (Å²) in [4.78, 5) is 32.7. The standard InChI is InChI=1S/C27H26F2N10O/c1-37-8-5-20(36-37)24(40)27(31)6-2-7-38(13-27)22-11-32-21(16-3-4-18(28)19(29)9-16)10-17(22)12-39-15-35-23-25(30)33-14-34-26(23)39/h3-5,8-11,14-15H,2,6-7,12-13,31H2,1H3,(H2,30,33,34). The number of nitrogen functional groups attached to an aromatic ring is 1. The molecule has 11 nitrogen and oxygen atoms in total. The van der Waals surface area contributed by atoms with E-state index < -0.39 is 17.2 Å². The van der Waals surface area contributed by atoms with Crippen molar-refractivity contribution in [3.63, 3.8) is 0 Å². The number of halogens is 2. The second kappa shape index (κ2) is 9.75. The van der Waals surface area contributed by atoms with Crippen molar-refractivity contribution < 1.29 is 13.6 Å².